The molecule has 2 aromatic rings. The minimum atomic E-state index is -0.379. The molecule has 3 N–H and O–H groups in total. The molecule has 0 aliphatic carbocycles. The molecule has 0 bridgehead atoms. The first kappa shape index (κ1) is 24.8. The van der Waals surface area contributed by atoms with Gasteiger partial charge in [-0.2, -0.15) is 0 Å². The number of anilines is 1. The van der Waals surface area contributed by atoms with Gasteiger partial charge in [0.1, 0.15) is 5.75 Å². The van der Waals surface area contributed by atoms with E-state index >= 15 is 0 Å². The lowest BCUT2D eigenvalue weighted by molar-refractivity contribution is 0.0936. The van der Waals surface area contributed by atoms with Crippen molar-refractivity contribution < 1.29 is 19.1 Å². The lowest BCUT2D eigenvalue weighted by atomic mass is 10.1. The molecular weight excluding hydrogens is 482 g/mol. The molecule has 0 aliphatic rings. The second-order valence-corrected chi connectivity index (χ2v) is 8.32. The third-order valence-electron chi connectivity index (χ3n) is 4.00. The Balaban J connectivity index is 2.01. The maximum absolute atomic E-state index is 12.6. The number of thiocarbonyl (C=S) groups is 1. The van der Waals surface area contributed by atoms with Crippen molar-refractivity contribution in [1.82, 2.24) is 10.6 Å². The summed E-state index contributed by atoms with van der Waals surface area (Å²) in [5.74, 6) is 0.411. The van der Waals surface area contributed by atoms with Crippen LogP contribution in [0.15, 0.2) is 46.9 Å². The Hall–Kier alpha value is -2.49. The largest absolute Gasteiger partial charge is 0.492 e. The molecule has 2 amide bonds. The Morgan fingerprint density at radius 2 is 1.87 bits per heavy atom. The fraction of sp³-hybridized carbons (Fsp3) is 0.318. The minimum Gasteiger partial charge on any atom is -0.492 e. The van der Waals surface area contributed by atoms with E-state index in [-0.39, 0.29) is 16.9 Å². The highest BCUT2D eigenvalue weighted by Crippen LogP contribution is 2.26. The van der Waals surface area contributed by atoms with Crippen LogP contribution in [0.2, 0.25) is 0 Å². The van der Waals surface area contributed by atoms with Gasteiger partial charge in [0.2, 0.25) is 0 Å². The van der Waals surface area contributed by atoms with Crippen molar-refractivity contribution in [2.24, 2.45) is 5.92 Å². The highest BCUT2D eigenvalue weighted by atomic mass is 79.9. The normalized spacial score (nSPS) is 10.5. The summed E-state index contributed by atoms with van der Waals surface area (Å²) in [5, 5.41) is 8.38. The quantitative estimate of drug-likeness (QED) is 0.351. The van der Waals surface area contributed by atoms with Crippen LogP contribution in [0.1, 0.15) is 34.6 Å². The predicted molar refractivity (Wildman–Crippen MR) is 129 cm³/mol. The van der Waals surface area contributed by atoms with Gasteiger partial charge in [0.15, 0.2) is 5.11 Å². The van der Waals surface area contributed by atoms with Gasteiger partial charge in [0.25, 0.3) is 11.8 Å². The number of hydrogen-bond donors (Lipinski definition) is 3. The third-order valence-corrected chi connectivity index (χ3v) is 4.83. The number of nitrogens with one attached hydrogen (secondary N) is 3. The maximum atomic E-state index is 12.6. The van der Waals surface area contributed by atoms with Gasteiger partial charge >= 0.3 is 0 Å². The van der Waals surface area contributed by atoms with Gasteiger partial charge in [0.05, 0.1) is 28.9 Å². The molecule has 2 rings (SSSR count). The lowest BCUT2D eigenvalue weighted by Crippen LogP contribution is -2.35. The number of carbonyl (C=O) groups excluding carboxylic acids is 2. The molecule has 0 saturated heterocycles. The predicted octanol–water partition coefficient (Wildman–Crippen LogP) is 3.99. The number of benzene rings is 2. The van der Waals surface area contributed by atoms with E-state index < -0.39 is 0 Å². The number of para-hydroxylation sites is 1. The zero-order chi connectivity index (χ0) is 22.8. The number of rotatable bonds is 9. The third kappa shape index (κ3) is 7.93. The van der Waals surface area contributed by atoms with Crippen LogP contribution in [0.5, 0.6) is 5.75 Å². The molecule has 0 fully saturated rings. The van der Waals surface area contributed by atoms with Crippen LogP contribution in [-0.2, 0) is 4.74 Å². The number of amides is 2. The molecule has 0 saturated carbocycles. The summed E-state index contributed by atoms with van der Waals surface area (Å²) in [6.07, 6.45) is 0. The SMILES string of the molecule is COCCNC(=O)c1ccccc1NC(=S)NC(=O)c1ccc(OCC(C)C)c(Br)c1. The van der Waals surface area contributed by atoms with Crippen molar-refractivity contribution >= 4 is 50.8 Å². The van der Waals surface area contributed by atoms with E-state index in [0.29, 0.717) is 52.7 Å². The highest BCUT2D eigenvalue weighted by Gasteiger charge is 2.14. The van der Waals surface area contributed by atoms with E-state index in [1.54, 1.807) is 49.6 Å². The van der Waals surface area contributed by atoms with Gasteiger partial charge in [-0.1, -0.05) is 26.0 Å². The summed E-state index contributed by atoms with van der Waals surface area (Å²) in [7, 11) is 1.56. The van der Waals surface area contributed by atoms with Gasteiger partial charge in [0, 0.05) is 19.2 Å². The topological polar surface area (TPSA) is 88.7 Å². The maximum Gasteiger partial charge on any atom is 0.257 e. The fourth-order valence-corrected chi connectivity index (χ4v) is 3.19. The monoisotopic (exact) mass is 507 g/mol. The molecule has 7 nitrogen and oxygen atoms in total. The molecule has 0 aliphatic heterocycles. The van der Waals surface area contributed by atoms with E-state index in [1.807, 2.05) is 0 Å². The molecule has 31 heavy (non-hydrogen) atoms. The number of hydrogen-bond acceptors (Lipinski definition) is 5. The second-order valence-electron chi connectivity index (χ2n) is 7.05. The lowest BCUT2D eigenvalue weighted by Gasteiger charge is -2.14. The molecule has 2 aromatic carbocycles. The van der Waals surface area contributed by atoms with E-state index in [0.717, 1.165) is 0 Å². The zero-order valence-electron chi connectivity index (χ0n) is 17.7. The fourth-order valence-electron chi connectivity index (χ4n) is 2.50. The van der Waals surface area contributed by atoms with Gasteiger partial charge in [-0.15, -0.1) is 0 Å². The van der Waals surface area contributed by atoms with Crippen LogP contribution in [0, 0.1) is 5.92 Å². The summed E-state index contributed by atoms with van der Waals surface area (Å²) in [5.41, 5.74) is 1.31. The van der Waals surface area contributed by atoms with Crippen molar-refractivity contribution in [2.75, 3.05) is 32.2 Å². The standard InChI is InChI=1S/C22H26BrN3O4S/c1-14(2)13-30-19-9-8-15(12-17(19)23)20(27)26-22(31)25-18-7-5-4-6-16(18)21(28)24-10-11-29-3/h4-9,12,14H,10-11,13H2,1-3H3,(H,24,28)(H2,25,26,27,31). The number of carbonyl (C=O) groups is 2. The summed E-state index contributed by atoms with van der Waals surface area (Å²) in [6, 6.07) is 12.0. The average Bonchev–Trinajstić information content (AvgIpc) is 2.73. The van der Waals surface area contributed by atoms with Crippen LogP contribution in [0.3, 0.4) is 0 Å². The first-order chi connectivity index (χ1) is 14.8. The van der Waals surface area contributed by atoms with E-state index in [2.05, 4.69) is 45.7 Å². The molecule has 9 heteroatoms. The van der Waals surface area contributed by atoms with Crippen LogP contribution in [0.25, 0.3) is 0 Å². The number of halogens is 1. The van der Waals surface area contributed by atoms with Crippen molar-refractivity contribution in [2.45, 2.75) is 13.8 Å². The van der Waals surface area contributed by atoms with Crippen molar-refractivity contribution in [3.05, 3.63) is 58.1 Å². The number of ether oxygens (including phenoxy) is 2. The summed E-state index contributed by atoms with van der Waals surface area (Å²) < 4.78 is 11.3. The zero-order valence-corrected chi connectivity index (χ0v) is 20.1. The molecule has 0 heterocycles. The van der Waals surface area contributed by atoms with Crippen molar-refractivity contribution in [3.63, 3.8) is 0 Å². The Labute approximate surface area is 196 Å². The first-order valence-electron chi connectivity index (χ1n) is 9.72. The molecule has 0 radical (unpaired) electrons. The summed E-state index contributed by atoms with van der Waals surface area (Å²) >= 11 is 8.69. The van der Waals surface area contributed by atoms with Crippen molar-refractivity contribution in [3.8, 4) is 5.75 Å². The van der Waals surface area contributed by atoms with E-state index in [4.69, 9.17) is 21.7 Å². The van der Waals surface area contributed by atoms with Crippen LogP contribution in [0.4, 0.5) is 5.69 Å². The van der Waals surface area contributed by atoms with Crippen LogP contribution in [-0.4, -0.2) is 43.8 Å². The minimum absolute atomic E-state index is 0.0819. The molecule has 166 valence electrons. The average molecular weight is 508 g/mol. The Morgan fingerprint density at radius 1 is 1.13 bits per heavy atom. The highest BCUT2D eigenvalue weighted by molar-refractivity contribution is 9.10. The first-order valence-corrected chi connectivity index (χ1v) is 10.9. The Morgan fingerprint density at radius 3 is 2.55 bits per heavy atom. The molecule has 0 unspecified atom stereocenters. The van der Waals surface area contributed by atoms with Gasteiger partial charge in [-0.05, 0) is 64.4 Å². The molecule has 0 spiro atoms. The van der Waals surface area contributed by atoms with Gasteiger partial charge in [-0.25, -0.2) is 0 Å². The van der Waals surface area contributed by atoms with Crippen LogP contribution >= 0.6 is 28.1 Å². The van der Waals surface area contributed by atoms with Gasteiger partial charge in [-0.3, -0.25) is 14.9 Å². The Kier molecular flexibility index (Phi) is 9.90. The smallest absolute Gasteiger partial charge is 0.257 e. The molecular formula is C22H26BrN3O4S. The van der Waals surface area contributed by atoms with E-state index in [9.17, 15) is 9.59 Å². The summed E-state index contributed by atoms with van der Waals surface area (Å²) in [6.45, 7) is 5.50. The van der Waals surface area contributed by atoms with Crippen LogP contribution < -0.4 is 20.7 Å². The van der Waals surface area contributed by atoms with Crippen molar-refractivity contribution in [1.29, 1.82) is 0 Å². The summed E-state index contributed by atoms with van der Waals surface area (Å²) in [4.78, 5) is 25.0. The molecule has 0 aromatic heterocycles. The Bertz CT molecular complexity index is 937. The second kappa shape index (κ2) is 12.4. The van der Waals surface area contributed by atoms with E-state index in [1.165, 1.54) is 0 Å². The van der Waals surface area contributed by atoms with Gasteiger partial charge < -0.3 is 20.1 Å². The number of methoxy groups -OCH3 is 1. The molecule has 0 atom stereocenters.